The molecule has 0 aliphatic rings. The van der Waals surface area contributed by atoms with Gasteiger partial charge in [0.25, 0.3) is 5.91 Å². The fraction of sp³-hybridized carbons (Fsp3) is 0.182. The first-order chi connectivity index (χ1) is 13.3. The molecule has 1 atom stereocenters. The highest BCUT2D eigenvalue weighted by atomic mass is 19.4. The first-order valence-electron chi connectivity index (χ1n) is 8.75. The van der Waals surface area contributed by atoms with Crippen LogP contribution in [0, 0.1) is 6.92 Å². The van der Waals surface area contributed by atoms with E-state index in [-0.39, 0.29) is 5.91 Å². The summed E-state index contributed by atoms with van der Waals surface area (Å²) >= 11 is 0. The maximum absolute atomic E-state index is 12.9. The highest BCUT2D eigenvalue weighted by Gasteiger charge is 2.30. The molecule has 0 radical (unpaired) electrons. The van der Waals surface area contributed by atoms with Crippen molar-refractivity contribution in [3.05, 3.63) is 89.2 Å². The monoisotopic (exact) mass is 384 g/mol. The fourth-order valence-electron chi connectivity index (χ4n) is 2.95. The normalized spacial score (nSPS) is 12.5. The molecule has 3 aromatic rings. The van der Waals surface area contributed by atoms with Crippen LogP contribution in [0.25, 0.3) is 11.1 Å². The van der Waals surface area contributed by atoms with E-state index in [4.69, 9.17) is 0 Å². The van der Waals surface area contributed by atoms with Crippen molar-refractivity contribution in [2.75, 3.05) is 0 Å². The van der Waals surface area contributed by atoms with Gasteiger partial charge in [-0.05, 0) is 66.4 Å². The summed E-state index contributed by atoms with van der Waals surface area (Å²) in [5.74, 6) is -0.345. The summed E-state index contributed by atoms with van der Waals surface area (Å²) in [5.41, 5.74) is 3.12. The number of aromatic nitrogens is 1. The maximum atomic E-state index is 12.9. The van der Waals surface area contributed by atoms with Crippen LogP contribution in [0.2, 0.25) is 0 Å². The van der Waals surface area contributed by atoms with Gasteiger partial charge in [0.1, 0.15) is 0 Å². The number of halogens is 3. The van der Waals surface area contributed by atoms with Crippen LogP contribution in [0.4, 0.5) is 13.2 Å². The van der Waals surface area contributed by atoms with Gasteiger partial charge in [0.2, 0.25) is 0 Å². The number of carbonyl (C=O) groups is 1. The Balaban J connectivity index is 1.74. The van der Waals surface area contributed by atoms with Crippen molar-refractivity contribution in [3.8, 4) is 11.1 Å². The molecule has 0 saturated heterocycles. The van der Waals surface area contributed by atoms with Gasteiger partial charge in [0.15, 0.2) is 0 Å². The van der Waals surface area contributed by atoms with Gasteiger partial charge in [0.05, 0.1) is 11.6 Å². The molecule has 1 heterocycles. The van der Waals surface area contributed by atoms with Gasteiger partial charge in [0, 0.05) is 18.0 Å². The van der Waals surface area contributed by atoms with Crippen LogP contribution < -0.4 is 5.32 Å². The molecule has 1 unspecified atom stereocenters. The molecule has 1 aromatic heterocycles. The summed E-state index contributed by atoms with van der Waals surface area (Å²) in [4.78, 5) is 16.5. The van der Waals surface area contributed by atoms with Crippen LogP contribution in [-0.2, 0) is 6.18 Å². The third-order valence-corrected chi connectivity index (χ3v) is 4.54. The van der Waals surface area contributed by atoms with Gasteiger partial charge in [-0.1, -0.05) is 24.3 Å². The van der Waals surface area contributed by atoms with E-state index in [1.165, 1.54) is 6.07 Å². The van der Waals surface area contributed by atoms with Crippen LogP contribution >= 0.6 is 0 Å². The van der Waals surface area contributed by atoms with Crippen molar-refractivity contribution in [1.29, 1.82) is 0 Å². The zero-order valence-electron chi connectivity index (χ0n) is 15.4. The summed E-state index contributed by atoms with van der Waals surface area (Å²) in [6, 6.07) is 13.4. The lowest BCUT2D eigenvalue weighted by Crippen LogP contribution is -2.26. The third kappa shape index (κ3) is 4.39. The van der Waals surface area contributed by atoms with Crippen molar-refractivity contribution in [3.63, 3.8) is 0 Å². The van der Waals surface area contributed by atoms with Crippen molar-refractivity contribution in [2.45, 2.75) is 26.1 Å². The van der Waals surface area contributed by atoms with Gasteiger partial charge in [-0.2, -0.15) is 13.2 Å². The highest BCUT2D eigenvalue weighted by Crippen LogP contribution is 2.30. The minimum Gasteiger partial charge on any atom is -0.346 e. The lowest BCUT2D eigenvalue weighted by Gasteiger charge is -2.16. The summed E-state index contributed by atoms with van der Waals surface area (Å²) in [6.07, 6.45) is -0.937. The predicted octanol–water partition coefficient (Wildman–Crippen LogP) is 5.57. The molecule has 6 heteroatoms. The smallest absolute Gasteiger partial charge is 0.346 e. The number of hydrogen-bond acceptors (Lipinski definition) is 2. The molecular weight excluding hydrogens is 365 g/mol. The molecular formula is C22H19F3N2O. The Morgan fingerprint density at radius 3 is 2.43 bits per heavy atom. The molecule has 0 fully saturated rings. The molecule has 0 aliphatic heterocycles. The predicted molar refractivity (Wildman–Crippen MR) is 102 cm³/mol. The first-order valence-corrected chi connectivity index (χ1v) is 8.75. The molecule has 0 spiro atoms. The molecule has 0 saturated carbocycles. The van der Waals surface area contributed by atoms with Gasteiger partial charge < -0.3 is 5.32 Å². The van der Waals surface area contributed by atoms with Gasteiger partial charge in [-0.3, -0.25) is 9.78 Å². The first kappa shape index (κ1) is 19.6. The van der Waals surface area contributed by atoms with E-state index in [0.29, 0.717) is 11.1 Å². The fourth-order valence-corrected chi connectivity index (χ4v) is 2.95. The lowest BCUT2D eigenvalue weighted by molar-refractivity contribution is -0.137. The molecule has 1 amide bonds. The van der Waals surface area contributed by atoms with Crippen molar-refractivity contribution < 1.29 is 18.0 Å². The Hall–Kier alpha value is -3.15. The number of amides is 1. The molecule has 3 nitrogen and oxygen atoms in total. The maximum Gasteiger partial charge on any atom is 0.416 e. The molecule has 144 valence electrons. The standard InChI is InChI=1S/C22H19F3N2O/c1-14-13-26-11-10-20(14)16-6-8-17(9-7-16)21(28)27-15(2)18-4-3-5-19(12-18)22(23,24)25/h3-13,15H,1-2H3,(H,27,28). The van der Waals surface area contributed by atoms with E-state index < -0.39 is 17.8 Å². The molecule has 28 heavy (non-hydrogen) atoms. The Labute approximate surface area is 161 Å². The molecule has 1 N–H and O–H groups in total. The third-order valence-electron chi connectivity index (χ3n) is 4.54. The van der Waals surface area contributed by atoms with E-state index in [1.807, 2.05) is 25.1 Å². The Morgan fingerprint density at radius 1 is 1.07 bits per heavy atom. The topological polar surface area (TPSA) is 42.0 Å². The average Bonchev–Trinajstić information content (AvgIpc) is 2.68. The summed E-state index contributed by atoms with van der Waals surface area (Å²) in [5, 5.41) is 2.75. The number of nitrogens with zero attached hydrogens (tertiary/aromatic N) is 1. The number of rotatable bonds is 4. The van der Waals surface area contributed by atoms with Crippen LogP contribution in [-0.4, -0.2) is 10.9 Å². The van der Waals surface area contributed by atoms with Gasteiger partial charge >= 0.3 is 6.18 Å². The minimum absolute atomic E-state index is 0.345. The van der Waals surface area contributed by atoms with Gasteiger partial charge in [-0.25, -0.2) is 0 Å². The number of aryl methyl sites for hydroxylation is 1. The summed E-state index contributed by atoms with van der Waals surface area (Å²) in [6.45, 7) is 3.61. The van der Waals surface area contributed by atoms with E-state index in [1.54, 1.807) is 37.5 Å². The van der Waals surface area contributed by atoms with E-state index in [2.05, 4.69) is 10.3 Å². The average molecular weight is 384 g/mol. The second-order valence-electron chi connectivity index (χ2n) is 6.59. The molecule has 0 bridgehead atoms. The van der Waals surface area contributed by atoms with E-state index >= 15 is 0 Å². The molecule has 3 rings (SSSR count). The number of alkyl halides is 3. The van der Waals surface area contributed by atoms with Crippen LogP contribution in [0.5, 0.6) is 0 Å². The van der Waals surface area contributed by atoms with Gasteiger partial charge in [-0.15, -0.1) is 0 Å². The lowest BCUT2D eigenvalue weighted by atomic mass is 10.0. The minimum atomic E-state index is -4.42. The second kappa shape index (κ2) is 7.84. The Morgan fingerprint density at radius 2 is 1.79 bits per heavy atom. The summed E-state index contributed by atoms with van der Waals surface area (Å²) in [7, 11) is 0. The molecule has 0 aliphatic carbocycles. The van der Waals surface area contributed by atoms with Crippen LogP contribution in [0.15, 0.2) is 67.0 Å². The Bertz CT molecular complexity index is 982. The van der Waals surface area contributed by atoms with Crippen molar-refractivity contribution in [1.82, 2.24) is 10.3 Å². The largest absolute Gasteiger partial charge is 0.416 e. The SMILES string of the molecule is Cc1cnccc1-c1ccc(C(=O)NC(C)c2cccc(C(F)(F)F)c2)cc1. The van der Waals surface area contributed by atoms with E-state index in [0.717, 1.165) is 28.8 Å². The number of pyridine rings is 1. The summed E-state index contributed by atoms with van der Waals surface area (Å²) < 4.78 is 38.6. The van der Waals surface area contributed by atoms with Crippen LogP contribution in [0.3, 0.4) is 0 Å². The number of hydrogen-bond donors (Lipinski definition) is 1. The van der Waals surface area contributed by atoms with Crippen molar-refractivity contribution in [2.24, 2.45) is 0 Å². The zero-order chi connectivity index (χ0) is 20.3. The number of carbonyl (C=O) groups excluding carboxylic acids is 1. The zero-order valence-corrected chi connectivity index (χ0v) is 15.4. The quantitative estimate of drug-likeness (QED) is 0.639. The highest BCUT2D eigenvalue weighted by molar-refractivity contribution is 5.95. The number of benzene rings is 2. The number of nitrogens with one attached hydrogen (secondary N) is 1. The second-order valence-corrected chi connectivity index (χ2v) is 6.59. The van der Waals surface area contributed by atoms with Crippen molar-refractivity contribution >= 4 is 5.91 Å². The Kier molecular flexibility index (Phi) is 5.49. The molecule has 2 aromatic carbocycles. The van der Waals surface area contributed by atoms with E-state index in [9.17, 15) is 18.0 Å². The van der Waals surface area contributed by atoms with Crippen LogP contribution in [0.1, 0.15) is 40.0 Å².